The molecule has 0 bridgehead atoms. The van der Waals surface area contributed by atoms with Crippen molar-refractivity contribution in [1.82, 2.24) is 15.5 Å². The summed E-state index contributed by atoms with van der Waals surface area (Å²) in [7, 11) is 3.12. The van der Waals surface area contributed by atoms with Crippen molar-refractivity contribution in [3.63, 3.8) is 0 Å². The predicted octanol–water partition coefficient (Wildman–Crippen LogP) is 1.95. The molecule has 24 heavy (non-hydrogen) atoms. The number of methoxy groups -OCH3 is 2. The number of rotatable bonds is 4. The number of benzene rings is 1. The van der Waals surface area contributed by atoms with Crippen LogP contribution in [0.15, 0.2) is 10.6 Å². The van der Waals surface area contributed by atoms with E-state index in [9.17, 15) is 0 Å². The number of piperidine rings is 1. The molecule has 0 radical (unpaired) electrons. The van der Waals surface area contributed by atoms with E-state index in [1.54, 1.807) is 20.3 Å². The summed E-state index contributed by atoms with van der Waals surface area (Å²) in [4.78, 5) is 4.58. The van der Waals surface area contributed by atoms with Crippen LogP contribution < -0.4 is 24.3 Å². The molecule has 0 atom stereocenters. The van der Waals surface area contributed by atoms with E-state index in [4.69, 9.17) is 23.5 Å². The Labute approximate surface area is 139 Å². The fourth-order valence-corrected chi connectivity index (χ4v) is 3.13. The Balaban J connectivity index is 1.75. The van der Waals surface area contributed by atoms with E-state index in [0.29, 0.717) is 40.3 Å². The Morgan fingerprint density at radius 3 is 2.67 bits per heavy atom. The summed E-state index contributed by atoms with van der Waals surface area (Å²) in [5, 5.41) is 7.46. The minimum absolute atomic E-state index is 0.144. The lowest BCUT2D eigenvalue weighted by Crippen LogP contribution is -2.26. The van der Waals surface area contributed by atoms with Crippen LogP contribution in [0, 0.1) is 0 Å². The Morgan fingerprint density at radius 1 is 1.12 bits per heavy atom. The average Bonchev–Trinajstić information content (AvgIpc) is 3.29. The normalized spacial score (nSPS) is 17.1. The zero-order valence-electron chi connectivity index (χ0n) is 13.6. The van der Waals surface area contributed by atoms with E-state index in [1.165, 1.54) is 0 Å². The van der Waals surface area contributed by atoms with Gasteiger partial charge in [0.1, 0.15) is 0 Å². The van der Waals surface area contributed by atoms with Crippen LogP contribution in [-0.2, 0) is 0 Å². The molecule has 0 aliphatic carbocycles. The third-order valence-corrected chi connectivity index (χ3v) is 4.35. The van der Waals surface area contributed by atoms with Gasteiger partial charge in [0, 0.05) is 5.92 Å². The molecule has 0 spiro atoms. The topological polar surface area (TPSA) is 87.9 Å². The van der Waals surface area contributed by atoms with Crippen LogP contribution in [0.4, 0.5) is 0 Å². The maximum atomic E-state index is 5.51. The average molecular weight is 333 g/mol. The smallest absolute Gasteiger partial charge is 0.231 e. The van der Waals surface area contributed by atoms with Crippen LogP contribution in [0.5, 0.6) is 23.0 Å². The molecule has 2 aromatic rings. The fraction of sp³-hybridized carbons (Fsp3) is 0.500. The van der Waals surface area contributed by atoms with Crippen molar-refractivity contribution in [1.29, 1.82) is 0 Å². The fourth-order valence-electron chi connectivity index (χ4n) is 3.13. The number of nitrogens with one attached hydrogen (secondary N) is 1. The van der Waals surface area contributed by atoms with Crippen LogP contribution in [0.1, 0.15) is 24.7 Å². The molecule has 2 aliphatic rings. The van der Waals surface area contributed by atoms with Gasteiger partial charge in [0.25, 0.3) is 0 Å². The molecule has 128 valence electrons. The third kappa shape index (κ3) is 2.43. The molecule has 4 rings (SSSR count). The first-order valence-corrected chi connectivity index (χ1v) is 7.91. The molecule has 3 heterocycles. The molecule has 8 nitrogen and oxygen atoms in total. The molecule has 1 fully saturated rings. The summed E-state index contributed by atoms with van der Waals surface area (Å²) >= 11 is 0. The lowest BCUT2D eigenvalue weighted by atomic mass is 9.98. The Hall–Kier alpha value is -2.48. The van der Waals surface area contributed by atoms with E-state index >= 15 is 0 Å². The van der Waals surface area contributed by atoms with Gasteiger partial charge in [-0.05, 0) is 32.0 Å². The zero-order valence-corrected chi connectivity index (χ0v) is 13.6. The van der Waals surface area contributed by atoms with Crippen molar-refractivity contribution in [2.45, 2.75) is 18.8 Å². The Bertz CT molecular complexity index is 740. The second kappa shape index (κ2) is 6.20. The van der Waals surface area contributed by atoms with Gasteiger partial charge in [-0.25, -0.2) is 0 Å². The highest BCUT2D eigenvalue weighted by atomic mass is 16.7. The minimum atomic E-state index is 0.144. The lowest BCUT2D eigenvalue weighted by molar-refractivity contribution is 0.170. The molecule has 0 unspecified atom stereocenters. The maximum absolute atomic E-state index is 5.51. The van der Waals surface area contributed by atoms with Crippen molar-refractivity contribution < 1.29 is 23.5 Å². The number of fused-ring (bicyclic) bond motifs is 1. The van der Waals surface area contributed by atoms with Crippen molar-refractivity contribution in [3.05, 3.63) is 12.0 Å². The van der Waals surface area contributed by atoms with Crippen molar-refractivity contribution >= 4 is 0 Å². The van der Waals surface area contributed by atoms with E-state index in [0.717, 1.165) is 25.9 Å². The molecule has 0 amide bonds. The van der Waals surface area contributed by atoms with Crippen molar-refractivity contribution in [2.75, 3.05) is 34.1 Å². The van der Waals surface area contributed by atoms with Gasteiger partial charge in [-0.15, -0.1) is 0 Å². The standard InChI is InChI=1S/C16H19N3O5/c1-20-12-10(7-11-13(14(12)21-2)23-8-22-11)15-18-16(24-19-15)9-3-5-17-6-4-9/h7,9,17H,3-6,8H2,1-2H3. The maximum Gasteiger partial charge on any atom is 0.231 e. The molecule has 1 aromatic heterocycles. The van der Waals surface area contributed by atoms with E-state index < -0.39 is 0 Å². The largest absolute Gasteiger partial charge is 0.492 e. The third-order valence-electron chi connectivity index (χ3n) is 4.35. The van der Waals surface area contributed by atoms with Crippen LogP contribution in [0.3, 0.4) is 0 Å². The molecule has 0 saturated carbocycles. The summed E-state index contributed by atoms with van der Waals surface area (Å²) in [6, 6.07) is 1.79. The minimum Gasteiger partial charge on any atom is -0.492 e. The summed E-state index contributed by atoms with van der Waals surface area (Å²) in [5.74, 6) is 3.47. The quantitative estimate of drug-likeness (QED) is 0.908. The van der Waals surface area contributed by atoms with Crippen molar-refractivity contribution in [2.24, 2.45) is 0 Å². The highest BCUT2D eigenvalue weighted by molar-refractivity contribution is 5.76. The van der Waals surface area contributed by atoms with Gasteiger partial charge in [0.05, 0.1) is 19.8 Å². The summed E-state index contributed by atoms with van der Waals surface area (Å²) < 4.78 is 27.4. The van der Waals surface area contributed by atoms with Gasteiger partial charge in [-0.3, -0.25) is 0 Å². The summed E-state index contributed by atoms with van der Waals surface area (Å²) in [5.41, 5.74) is 0.655. The number of nitrogens with zero attached hydrogens (tertiary/aromatic N) is 2. The van der Waals surface area contributed by atoms with Gasteiger partial charge in [0.15, 0.2) is 11.5 Å². The molecule has 1 saturated heterocycles. The molecular weight excluding hydrogens is 314 g/mol. The van der Waals surface area contributed by atoms with Crippen molar-refractivity contribution in [3.8, 4) is 34.4 Å². The van der Waals surface area contributed by atoms with Crippen LogP contribution in [-0.4, -0.2) is 44.2 Å². The number of ether oxygens (including phenoxy) is 4. The summed E-state index contributed by atoms with van der Waals surface area (Å²) in [6.07, 6.45) is 1.98. The van der Waals surface area contributed by atoms with Crippen LogP contribution in [0.25, 0.3) is 11.4 Å². The van der Waals surface area contributed by atoms with Gasteiger partial charge >= 0.3 is 0 Å². The zero-order chi connectivity index (χ0) is 16.5. The second-order valence-corrected chi connectivity index (χ2v) is 5.70. The van der Waals surface area contributed by atoms with Gasteiger partial charge in [-0.1, -0.05) is 5.16 Å². The number of hydrogen-bond donors (Lipinski definition) is 1. The first-order chi connectivity index (χ1) is 11.8. The van der Waals surface area contributed by atoms with Crippen LogP contribution >= 0.6 is 0 Å². The highest BCUT2D eigenvalue weighted by Gasteiger charge is 2.29. The second-order valence-electron chi connectivity index (χ2n) is 5.70. The first kappa shape index (κ1) is 15.1. The molecule has 1 aromatic carbocycles. The van der Waals surface area contributed by atoms with Gasteiger partial charge < -0.3 is 28.8 Å². The van der Waals surface area contributed by atoms with E-state index in [-0.39, 0.29) is 12.7 Å². The monoisotopic (exact) mass is 333 g/mol. The van der Waals surface area contributed by atoms with E-state index in [2.05, 4.69) is 15.5 Å². The molecule has 8 heteroatoms. The van der Waals surface area contributed by atoms with Gasteiger partial charge in [-0.2, -0.15) is 4.98 Å². The lowest BCUT2D eigenvalue weighted by Gasteiger charge is -2.18. The summed E-state index contributed by atoms with van der Waals surface area (Å²) in [6.45, 7) is 2.07. The molecule has 2 aliphatic heterocycles. The molecular formula is C16H19N3O5. The SMILES string of the molecule is COc1c(-c2noc(C3CCNCC3)n2)cc2c(c1OC)OCO2. The first-order valence-electron chi connectivity index (χ1n) is 7.91. The van der Waals surface area contributed by atoms with Gasteiger partial charge in [0.2, 0.25) is 30.0 Å². The Morgan fingerprint density at radius 2 is 1.92 bits per heavy atom. The number of aromatic nitrogens is 2. The van der Waals surface area contributed by atoms with E-state index in [1.807, 2.05) is 0 Å². The predicted molar refractivity (Wildman–Crippen MR) is 83.8 cm³/mol. The highest BCUT2D eigenvalue weighted by Crippen LogP contribution is 2.51. The molecule has 1 N–H and O–H groups in total. The van der Waals surface area contributed by atoms with Crippen LogP contribution in [0.2, 0.25) is 0 Å². The number of hydrogen-bond acceptors (Lipinski definition) is 8. The Kier molecular flexibility index (Phi) is 3.89.